The van der Waals surface area contributed by atoms with Crippen molar-refractivity contribution in [3.05, 3.63) is 36.0 Å². The summed E-state index contributed by atoms with van der Waals surface area (Å²) in [7, 11) is 0. The first kappa shape index (κ1) is 17.6. The molecule has 0 radical (unpaired) electrons. The fourth-order valence-corrected chi connectivity index (χ4v) is 11.2. The fraction of sp³-hybridized carbons (Fsp3) is 0.800. The van der Waals surface area contributed by atoms with Crippen LogP contribution in [0.4, 0.5) is 0 Å². The lowest BCUT2D eigenvalue weighted by molar-refractivity contribution is -0.214. The molecule has 0 amide bonds. The van der Waals surface area contributed by atoms with Crippen LogP contribution in [0.25, 0.3) is 0 Å². The van der Waals surface area contributed by atoms with Crippen LogP contribution < -0.4 is 0 Å². The zero-order chi connectivity index (χ0) is 19.9. The summed E-state index contributed by atoms with van der Waals surface area (Å²) in [5, 5.41) is 0. The lowest BCUT2D eigenvalue weighted by atomic mass is 9.63. The van der Waals surface area contributed by atoms with Crippen molar-refractivity contribution in [1.29, 1.82) is 0 Å². The first-order valence-electron chi connectivity index (χ1n) is 14.0. The van der Waals surface area contributed by atoms with Gasteiger partial charge in [0.25, 0.3) is 0 Å². The molecule has 2 saturated heterocycles. The van der Waals surface area contributed by atoms with Crippen molar-refractivity contribution in [3.8, 4) is 0 Å². The second-order valence-electron chi connectivity index (χ2n) is 13.6. The highest BCUT2D eigenvalue weighted by atomic mass is 16.5. The number of fused-ring (bicyclic) bond motifs is 6. The smallest absolute Gasteiger partial charge is 0.0810 e. The lowest BCUT2D eigenvalue weighted by Gasteiger charge is -2.48. The van der Waals surface area contributed by atoms with Crippen LogP contribution in [0.2, 0.25) is 0 Å². The van der Waals surface area contributed by atoms with Gasteiger partial charge in [0.15, 0.2) is 0 Å². The number of hydrogen-bond acceptors (Lipinski definition) is 1. The fourth-order valence-electron chi connectivity index (χ4n) is 11.2. The van der Waals surface area contributed by atoms with Crippen molar-refractivity contribution in [3.63, 3.8) is 0 Å². The summed E-state index contributed by atoms with van der Waals surface area (Å²) >= 11 is 0. The van der Waals surface area contributed by atoms with Crippen LogP contribution in [0.3, 0.4) is 0 Å². The molecule has 0 N–H and O–H groups in total. The Bertz CT molecular complexity index is 903. The predicted molar refractivity (Wildman–Crippen MR) is 122 cm³/mol. The van der Waals surface area contributed by atoms with E-state index < -0.39 is 0 Å². The van der Waals surface area contributed by atoms with Crippen molar-refractivity contribution >= 4 is 0 Å². The lowest BCUT2D eigenvalue weighted by Crippen LogP contribution is -2.52. The standard InChI is InChI=1S/C30H38O/c1-3-16-9-18(11-24-21(20(16)4-1)7-6-17-10-22(17)24)23-13-28-25(27-14-26(23)27)12-19-15-30(31-19)8-2-5-29(28)30/h1-2,4-5,9,16-17,19-29H,3,6-8,10-15H2. The van der Waals surface area contributed by atoms with E-state index in [1.807, 2.05) is 5.57 Å². The van der Waals surface area contributed by atoms with Crippen molar-refractivity contribution in [2.24, 2.45) is 71.0 Å². The Kier molecular flexibility index (Phi) is 3.30. The van der Waals surface area contributed by atoms with Gasteiger partial charge in [0.05, 0.1) is 11.7 Å². The summed E-state index contributed by atoms with van der Waals surface area (Å²) in [6, 6.07) is 0. The minimum Gasteiger partial charge on any atom is -0.371 e. The van der Waals surface area contributed by atoms with Crippen LogP contribution in [0, 0.1) is 71.0 Å². The Labute approximate surface area is 187 Å². The van der Waals surface area contributed by atoms with E-state index in [1.54, 1.807) is 19.3 Å². The highest BCUT2D eigenvalue weighted by Crippen LogP contribution is 2.69. The highest BCUT2D eigenvalue weighted by Gasteiger charge is 2.65. The van der Waals surface area contributed by atoms with Crippen LogP contribution in [-0.4, -0.2) is 11.7 Å². The maximum Gasteiger partial charge on any atom is 0.0810 e. The van der Waals surface area contributed by atoms with E-state index in [0.29, 0.717) is 6.10 Å². The molecule has 2 bridgehead atoms. The quantitative estimate of drug-likeness (QED) is 0.441. The second kappa shape index (κ2) is 5.81. The number of hydrogen-bond donors (Lipinski definition) is 0. The minimum absolute atomic E-state index is 0.240. The highest BCUT2D eigenvalue weighted by molar-refractivity contribution is 5.28. The molecule has 14 atom stereocenters. The molecule has 31 heavy (non-hydrogen) atoms. The normalized spacial score (nSPS) is 63.7. The third-order valence-corrected chi connectivity index (χ3v) is 12.5. The van der Waals surface area contributed by atoms with Crippen LogP contribution in [0.1, 0.15) is 64.2 Å². The summed E-state index contributed by atoms with van der Waals surface area (Å²) in [5.74, 6) is 11.6. The Hall–Kier alpha value is -0.820. The van der Waals surface area contributed by atoms with Gasteiger partial charge in [-0.3, -0.25) is 0 Å². The van der Waals surface area contributed by atoms with Gasteiger partial charge in [-0.2, -0.15) is 0 Å². The zero-order valence-electron chi connectivity index (χ0n) is 18.9. The molecule has 8 aliphatic carbocycles. The summed E-state index contributed by atoms with van der Waals surface area (Å²) in [6.45, 7) is 0. The molecule has 0 aromatic carbocycles. The molecule has 164 valence electrons. The van der Waals surface area contributed by atoms with Gasteiger partial charge in [-0.1, -0.05) is 36.0 Å². The molecule has 5 saturated carbocycles. The number of allylic oxidation sites excluding steroid dienone is 4. The first-order chi connectivity index (χ1) is 15.3. The van der Waals surface area contributed by atoms with Crippen LogP contribution >= 0.6 is 0 Å². The molecule has 0 aromatic rings. The maximum atomic E-state index is 6.63. The Morgan fingerprint density at radius 2 is 1.74 bits per heavy atom. The molecule has 14 unspecified atom stereocenters. The van der Waals surface area contributed by atoms with Gasteiger partial charge in [-0.15, -0.1) is 0 Å². The van der Waals surface area contributed by atoms with Gasteiger partial charge in [-0.05, 0) is 123 Å². The van der Waals surface area contributed by atoms with Crippen LogP contribution in [-0.2, 0) is 4.74 Å². The van der Waals surface area contributed by atoms with Gasteiger partial charge in [0.2, 0.25) is 0 Å². The summed E-state index contributed by atoms with van der Waals surface area (Å²) in [6.07, 6.45) is 28.3. The number of rotatable bonds is 1. The van der Waals surface area contributed by atoms with Crippen LogP contribution in [0.15, 0.2) is 36.0 Å². The zero-order valence-corrected chi connectivity index (χ0v) is 18.9. The summed E-state index contributed by atoms with van der Waals surface area (Å²) in [5.41, 5.74) is 2.21. The molecule has 10 aliphatic rings. The maximum absolute atomic E-state index is 6.63. The molecule has 1 nitrogen and oxygen atoms in total. The molecule has 2 aliphatic heterocycles. The molecule has 7 fully saturated rings. The van der Waals surface area contributed by atoms with E-state index in [-0.39, 0.29) is 5.60 Å². The van der Waals surface area contributed by atoms with Gasteiger partial charge in [0.1, 0.15) is 0 Å². The third-order valence-electron chi connectivity index (χ3n) is 12.5. The molecular weight excluding hydrogens is 376 g/mol. The van der Waals surface area contributed by atoms with Crippen LogP contribution in [0.5, 0.6) is 0 Å². The Morgan fingerprint density at radius 1 is 0.806 bits per heavy atom. The Morgan fingerprint density at radius 3 is 2.71 bits per heavy atom. The van der Waals surface area contributed by atoms with Crippen molar-refractivity contribution in [2.45, 2.75) is 75.9 Å². The second-order valence-corrected chi connectivity index (χ2v) is 13.6. The van der Waals surface area contributed by atoms with Gasteiger partial charge >= 0.3 is 0 Å². The van der Waals surface area contributed by atoms with Gasteiger partial charge in [-0.25, -0.2) is 0 Å². The third kappa shape index (κ3) is 2.28. The molecule has 1 spiro atoms. The van der Waals surface area contributed by atoms with Crippen molar-refractivity contribution < 1.29 is 4.74 Å². The first-order valence-corrected chi connectivity index (χ1v) is 14.0. The average molecular weight is 415 g/mol. The predicted octanol–water partition coefficient (Wildman–Crippen LogP) is 6.57. The van der Waals surface area contributed by atoms with E-state index in [0.717, 1.165) is 71.0 Å². The van der Waals surface area contributed by atoms with E-state index >= 15 is 0 Å². The average Bonchev–Trinajstić information content (AvgIpc) is 3.64. The molecule has 1 heteroatoms. The molecule has 2 heterocycles. The Balaban J connectivity index is 1.07. The molecule has 10 rings (SSSR count). The monoisotopic (exact) mass is 414 g/mol. The topological polar surface area (TPSA) is 9.23 Å². The minimum atomic E-state index is 0.240. The van der Waals surface area contributed by atoms with E-state index in [9.17, 15) is 0 Å². The van der Waals surface area contributed by atoms with E-state index in [2.05, 4.69) is 30.4 Å². The number of ether oxygens (including phenoxy) is 1. The molecular formula is C30H38O. The van der Waals surface area contributed by atoms with Crippen molar-refractivity contribution in [1.82, 2.24) is 0 Å². The largest absolute Gasteiger partial charge is 0.371 e. The summed E-state index contributed by atoms with van der Waals surface area (Å²) < 4.78 is 6.63. The molecule has 0 aromatic heterocycles. The van der Waals surface area contributed by atoms with Gasteiger partial charge in [0, 0.05) is 12.3 Å². The van der Waals surface area contributed by atoms with Gasteiger partial charge < -0.3 is 4.74 Å². The van der Waals surface area contributed by atoms with E-state index in [1.165, 1.54) is 44.9 Å². The van der Waals surface area contributed by atoms with E-state index in [4.69, 9.17) is 4.74 Å². The van der Waals surface area contributed by atoms with Crippen molar-refractivity contribution in [2.75, 3.05) is 0 Å². The SMILES string of the molecule is C1=CC2C(C=C(C3CC4C(CC5CC6(CC=CC46)O5)C4CC34)CC3C4CC4CCC23)C1. The summed E-state index contributed by atoms with van der Waals surface area (Å²) in [4.78, 5) is 0.